The molecule has 3 aromatic rings. The lowest BCUT2D eigenvalue weighted by atomic mass is 10.1. The number of aryl methyl sites for hydroxylation is 1. The molecular formula is C12H9N3O. The van der Waals surface area contributed by atoms with Crippen molar-refractivity contribution in [3.63, 3.8) is 0 Å². The monoisotopic (exact) mass is 211 g/mol. The molecule has 0 saturated heterocycles. The van der Waals surface area contributed by atoms with Crippen molar-refractivity contribution in [2.75, 3.05) is 0 Å². The third-order valence-corrected chi connectivity index (χ3v) is 2.75. The number of H-pyrrole nitrogens is 1. The maximum absolute atomic E-state index is 10.5. The standard InChI is InChI=1S/C12H9N3O/c1-7-12-8-4-2-3-5-9(8)14-10(12)6-11(13-7)15-16/h2-6,14H,1H3. The summed E-state index contributed by atoms with van der Waals surface area (Å²) in [5.74, 6) is 0.219. The van der Waals surface area contributed by atoms with E-state index in [4.69, 9.17) is 0 Å². The average molecular weight is 211 g/mol. The number of hydrogen-bond donors (Lipinski definition) is 1. The molecule has 0 atom stereocenters. The summed E-state index contributed by atoms with van der Waals surface area (Å²) in [5.41, 5.74) is 2.78. The van der Waals surface area contributed by atoms with E-state index in [1.54, 1.807) is 6.07 Å². The number of nitroso groups, excluding NO2 is 1. The van der Waals surface area contributed by atoms with Crippen LogP contribution >= 0.6 is 0 Å². The van der Waals surface area contributed by atoms with E-state index in [9.17, 15) is 4.91 Å². The second kappa shape index (κ2) is 3.13. The van der Waals surface area contributed by atoms with Gasteiger partial charge in [0.15, 0.2) is 5.82 Å². The molecule has 0 aliphatic heterocycles. The number of hydrogen-bond acceptors (Lipinski definition) is 3. The zero-order valence-corrected chi connectivity index (χ0v) is 8.69. The van der Waals surface area contributed by atoms with Gasteiger partial charge in [0, 0.05) is 28.0 Å². The molecule has 0 radical (unpaired) electrons. The Morgan fingerprint density at radius 1 is 1.25 bits per heavy atom. The Morgan fingerprint density at radius 2 is 2.06 bits per heavy atom. The quantitative estimate of drug-likeness (QED) is 0.627. The van der Waals surface area contributed by atoms with Crippen LogP contribution in [0.25, 0.3) is 21.8 Å². The van der Waals surface area contributed by atoms with Crippen LogP contribution in [-0.4, -0.2) is 9.97 Å². The highest BCUT2D eigenvalue weighted by Crippen LogP contribution is 2.29. The van der Waals surface area contributed by atoms with Crippen LogP contribution < -0.4 is 0 Å². The lowest BCUT2D eigenvalue weighted by Crippen LogP contribution is -1.82. The van der Waals surface area contributed by atoms with E-state index in [0.29, 0.717) is 0 Å². The van der Waals surface area contributed by atoms with Crippen molar-refractivity contribution in [2.24, 2.45) is 5.18 Å². The topological polar surface area (TPSA) is 58.1 Å². The van der Waals surface area contributed by atoms with E-state index < -0.39 is 0 Å². The van der Waals surface area contributed by atoms with Gasteiger partial charge in [-0.25, -0.2) is 4.98 Å². The molecule has 2 heterocycles. The lowest BCUT2D eigenvalue weighted by Gasteiger charge is -1.96. The number of fused-ring (bicyclic) bond motifs is 3. The van der Waals surface area contributed by atoms with Crippen molar-refractivity contribution in [3.05, 3.63) is 40.9 Å². The summed E-state index contributed by atoms with van der Waals surface area (Å²) in [7, 11) is 0. The van der Waals surface area contributed by atoms with Crippen molar-refractivity contribution >= 4 is 27.6 Å². The van der Waals surface area contributed by atoms with Crippen LogP contribution in [0.3, 0.4) is 0 Å². The number of nitrogens with zero attached hydrogens (tertiary/aromatic N) is 2. The Morgan fingerprint density at radius 3 is 2.88 bits per heavy atom. The van der Waals surface area contributed by atoms with E-state index in [2.05, 4.69) is 15.1 Å². The van der Waals surface area contributed by atoms with Gasteiger partial charge in [-0.15, -0.1) is 4.91 Å². The van der Waals surface area contributed by atoms with E-state index in [1.165, 1.54) is 0 Å². The van der Waals surface area contributed by atoms with E-state index in [0.717, 1.165) is 27.5 Å². The van der Waals surface area contributed by atoms with Gasteiger partial charge in [0.1, 0.15) is 0 Å². The number of nitrogens with one attached hydrogen (secondary N) is 1. The van der Waals surface area contributed by atoms with Crippen molar-refractivity contribution in [1.29, 1.82) is 0 Å². The molecule has 0 amide bonds. The first kappa shape index (κ1) is 9.03. The minimum Gasteiger partial charge on any atom is -0.354 e. The van der Waals surface area contributed by atoms with Gasteiger partial charge >= 0.3 is 0 Å². The fraction of sp³-hybridized carbons (Fsp3) is 0.0833. The lowest BCUT2D eigenvalue weighted by molar-refractivity contribution is 1.20. The number of aromatic nitrogens is 2. The molecule has 0 aliphatic rings. The molecule has 0 saturated carbocycles. The number of rotatable bonds is 1. The van der Waals surface area contributed by atoms with Gasteiger partial charge in [-0.05, 0) is 18.2 Å². The van der Waals surface area contributed by atoms with Gasteiger partial charge < -0.3 is 4.98 Å². The highest BCUT2D eigenvalue weighted by molar-refractivity contribution is 6.08. The van der Waals surface area contributed by atoms with Gasteiger partial charge in [-0.2, -0.15) is 0 Å². The van der Waals surface area contributed by atoms with Gasteiger partial charge in [0.2, 0.25) is 0 Å². The van der Waals surface area contributed by atoms with Crippen molar-refractivity contribution in [3.8, 4) is 0 Å². The van der Waals surface area contributed by atoms with Gasteiger partial charge in [-0.1, -0.05) is 18.2 Å². The first-order valence-electron chi connectivity index (χ1n) is 5.01. The molecule has 16 heavy (non-hydrogen) atoms. The summed E-state index contributed by atoms with van der Waals surface area (Å²) in [4.78, 5) is 17.9. The summed E-state index contributed by atoms with van der Waals surface area (Å²) in [6.45, 7) is 1.89. The highest BCUT2D eigenvalue weighted by Gasteiger charge is 2.08. The van der Waals surface area contributed by atoms with Gasteiger partial charge in [0.25, 0.3) is 0 Å². The van der Waals surface area contributed by atoms with Crippen molar-refractivity contribution in [1.82, 2.24) is 9.97 Å². The molecule has 2 aromatic heterocycles. The van der Waals surface area contributed by atoms with Crippen LogP contribution in [0.15, 0.2) is 35.5 Å². The second-order valence-electron chi connectivity index (χ2n) is 3.75. The molecule has 0 spiro atoms. The van der Waals surface area contributed by atoms with Crippen LogP contribution in [0.1, 0.15) is 5.69 Å². The predicted octanol–water partition coefficient (Wildman–Crippen LogP) is 3.42. The van der Waals surface area contributed by atoms with Crippen LogP contribution in [-0.2, 0) is 0 Å². The summed E-state index contributed by atoms with van der Waals surface area (Å²) in [6.07, 6.45) is 0. The summed E-state index contributed by atoms with van der Waals surface area (Å²) in [5, 5.41) is 5.05. The van der Waals surface area contributed by atoms with E-state index >= 15 is 0 Å². The molecule has 0 bridgehead atoms. The molecule has 1 N–H and O–H groups in total. The molecule has 1 aromatic carbocycles. The maximum atomic E-state index is 10.5. The first-order chi connectivity index (χ1) is 7.79. The zero-order chi connectivity index (χ0) is 11.1. The molecule has 4 nitrogen and oxygen atoms in total. The normalized spacial score (nSPS) is 11.1. The van der Waals surface area contributed by atoms with Crippen molar-refractivity contribution < 1.29 is 0 Å². The van der Waals surface area contributed by atoms with Gasteiger partial charge in [0.05, 0.1) is 5.52 Å². The summed E-state index contributed by atoms with van der Waals surface area (Å²) < 4.78 is 0. The fourth-order valence-corrected chi connectivity index (χ4v) is 2.10. The van der Waals surface area contributed by atoms with Gasteiger partial charge in [-0.3, -0.25) is 0 Å². The van der Waals surface area contributed by atoms with E-state index in [-0.39, 0.29) is 5.82 Å². The number of benzene rings is 1. The summed E-state index contributed by atoms with van der Waals surface area (Å²) in [6, 6.07) is 9.68. The van der Waals surface area contributed by atoms with Crippen LogP contribution in [0.4, 0.5) is 5.82 Å². The third-order valence-electron chi connectivity index (χ3n) is 2.75. The molecule has 0 fully saturated rings. The Balaban J connectivity index is 2.54. The Bertz CT molecular complexity index is 700. The largest absolute Gasteiger partial charge is 0.354 e. The Labute approximate surface area is 91.3 Å². The molecule has 0 unspecified atom stereocenters. The van der Waals surface area contributed by atoms with Crippen LogP contribution in [0.2, 0.25) is 0 Å². The van der Waals surface area contributed by atoms with Crippen LogP contribution in [0.5, 0.6) is 0 Å². The smallest absolute Gasteiger partial charge is 0.198 e. The molecular weight excluding hydrogens is 202 g/mol. The first-order valence-corrected chi connectivity index (χ1v) is 5.01. The Hall–Kier alpha value is -2.23. The number of pyridine rings is 1. The highest BCUT2D eigenvalue weighted by atomic mass is 16.3. The van der Waals surface area contributed by atoms with E-state index in [1.807, 2.05) is 31.2 Å². The SMILES string of the molecule is Cc1nc(N=O)cc2[nH]c3ccccc3c12. The average Bonchev–Trinajstić information content (AvgIpc) is 2.67. The predicted molar refractivity (Wildman–Crippen MR) is 63.8 cm³/mol. The molecule has 3 rings (SSSR count). The van der Waals surface area contributed by atoms with Crippen molar-refractivity contribution in [2.45, 2.75) is 6.92 Å². The number of aromatic amines is 1. The maximum Gasteiger partial charge on any atom is 0.198 e. The Kier molecular flexibility index (Phi) is 1.77. The zero-order valence-electron chi connectivity index (χ0n) is 8.69. The molecule has 4 heteroatoms. The van der Waals surface area contributed by atoms with Crippen LogP contribution in [0, 0.1) is 11.8 Å². The molecule has 0 aliphatic carbocycles. The number of para-hydroxylation sites is 1. The molecule has 78 valence electrons. The summed E-state index contributed by atoms with van der Waals surface area (Å²) >= 11 is 0. The minimum atomic E-state index is 0.219. The second-order valence-corrected chi connectivity index (χ2v) is 3.75. The third kappa shape index (κ3) is 1.13. The minimum absolute atomic E-state index is 0.219. The fourth-order valence-electron chi connectivity index (χ4n) is 2.10.